The van der Waals surface area contributed by atoms with Gasteiger partial charge < -0.3 is 9.64 Å². The Kier molecular flexibility index (Phi) is 7.20. The Morgan fingerprint density at radius 3 is 2.25 bits per heavy atom. The average molecular weight is 194 g/mol. The number of halogens is 1. The molecule has 1 heterocycles. The average Bonchev–Trinajstić information content (AvgIpc) is 2.07. The third-order valence-electron chi connectivity index (χ3n) is 1.33. The van der Waals surface area contributed by atoms with Gasteiger partial charge in [0, 0.05) is 20.7 Å². The van der Waals surface area contributed by atoms with Crippen LogP contribution in [0.1, 0.15) is 19.3 Å². The monoisotopic (exact) mass is 193 g/mol. The summed E-state index contributed by atoms with van der Waals surface area (Å²) in [5, 5.41) is 0. The highest BCUT2D eigenvalue weighted by atomic mass is 35.5. The molecule has 0 aromatic rings. The van der Waals surface area contributed by atoms with Gasteiger partial charge in [0.2, 0.25) is 6.41 Å². The summed E-state index contributed by atoms with van der Waals surface area (Å²) < 4.78 is 5.04. The lowest BCUT2D eigenvalue weighted by Crippen LogP contribution is -2.11. The molecule has 0 radical (unpaired) electrons. The molecule has 0 aromatic carbocycles. The molecule has 1 rings (SSSR count). The lowest BCUT2D eigenvalue weighted by molar-refractivity contribution is -0.115. The van der Waals surface area contributed by atoms with Gasteiger partial charge in [-0.2, -0.15) is 0 Å². The zero-order valence-corrected chi connectivity index (χ0v) is 8.38. The zero-order chi connectivity index (χ0) is 9.40. The van der Waals surface area contributed by atoms with E-state index in [2.05, 4.69) is 0 Å². The van der Waals surface area contributed by atoms with Gasteiger partial charge in [0.1, 0.15) is 5.56 Å². The van der Waals surface area contributed by atoms with Crippen molar-refractivity contribution < 1.29 is 9.53 Å². The van der Waals surface area contributed by atoms with Crippen LogP contribution in [0.25, 0.3) is 0 Å². The van der Waals surface area contributed by atoms with Crippen molar-refractivity contribution in [1.82, 2.24) is 4.90 Å². The molecule has 1 unspecified atom stereocenters. The topological polar surface area (TPSA) is 29.5 Å². The molecular weight excluding hydrogens is 178 g/mol. The number of carbonyl (C=O) groups excluding carboxylic acids is 1. The molecule has 0 aromatic heterocycles. The first-order chi connectivity index (χ1) is 5.66. The third-order valence-corrected chi connectivity index (χ3v) is 1.68. The van der Waals surface area contributed by atoms with E-state index in [1.165, 1.54) is 17.7 Å². The van der Waals surface area contributed by atoms with Gasteiger partial charge in [-0.25, -0.2) is 0 Å². The maximum absolute atomic E-state index is 9.43. The Morgan fingerprint density at radius 2 is 2.08 bits per heavy atom. The number of alkyl halides is 1. The first-order valence-corrected chi connectivity index (χ1v) is 4.48. The summed E-state index contributed by atoms with van der Waals surface area (Å²) in [7, 11) is 3.38. The number of carbonyl (C=O) groups is 1. The van der Waals surface area contributed by atoms with Crippen molar-refractivity contribution in [2.24, 2.45) is 0 Å². The van der Waals surface area contributed by atoms with Gasteiger partial charge in [0.05, 0.1) is 0 Å². The van der Waals surface area contributed by atoms with Crippen LogP contribution in [0.15, 0.2) is 0 Å². The van der Waals surface area contributed by atoms with Gasteiger partial charge in [-0.15, -0.1) is 0 Å². The molecule has 0 spiro atoms. The van der Waals surface area contributed by atoms with Crippen LogP contribution in [0.2, 0.25) is 0 Å². The van der Waals surface area contributed by atoms with Crippen LogP contribution >= 0.6 is 11.6 Å². The van der Waals surface area contributed by atoms with E-state index in [0.717, 1.165) is 19.4 Å². The largest absolute Gasteiger partial charge is 0.362 e. The van der Waals surface area contributed by atoms with Crippen LogP contribution in [-0.2, 0) is 9.53 Å². The Labute approximate surface area is 78.6 Å². The van der Waals surface area contributed by atoms with E-state index >= 15 is 0 Å². The van der Waals surface area contributed by atoms with Crippen molar-refractivity contribution in [2.45, 2.75) is 24.8 Å². The summed E-state index contributed by atoms with van der Waals surface area (Å²) in [6, 6.07) is 0. The molecule has 0 saturated carbocycles. The number of rotatable bonds is 1. The summed E-state index contributed by atoms with van der Waals surface area (Å²) >= 11 is 5.59. The van der Waals surface area contributed by atoms with Crippen LogP contribution in [0.3, 0.4) is 0 Å². The summed E-state index contributed by atoms with van der Waals surface area (Å²) in [6.07, 6.45) is 4.19. The predicted molar refractivity (Wildman–Crippen MR) is 49.2 cm³/mol. The van der Waals surface area contributed by atoms with E-state index in [9.17, 15) is 4.79 Å². The lowest BCUT2D eigenvalue weighted by atomic mass is 10.2. The van der Waals surface area contributed by atoms with Gasteiger partial charge >= 0.3 is 0 Å². The number of nitrogens with zero attached hydrogens (tertiary/aromatic N) is 1. The van der Waals surface area contributed by atoms with E-state index in [-0.39, 0.29) is 5.56 Å². The van der Waals surface area contributed by atoms with Crippen LogP contribution in [0.5, 0.6) is 0 Å². The smallest absolute Gasteiger partial charge is 0.209 e. The van der Waals surface area contributed by atoms with Crippen LogP contribution in [-0.4, -0.2) is 37.6 Å². The zero-order valence-electron chi connectivity index (χ0n) is 7.62. The van der Waals surface area contributed by atoms with Gasteiger partial charge in [0.15, 0.2) is 0 Å². The number of hydrogen-bond donors (Lipinski definition) is 0. The van der Waals surface area contributed by atoms with Gasteiger partial charge in [0.25, 0.3) is 0 Å². The molecule has 0 aliphatic carbocycles. The van der Waals surface area contributed by atoms with Crippen molar-refractivity contribution in [1.29, 1.82) is 0 Å². The molecule has 4 heteroatoms. The first kappa shape index (κ1) is 11.7. The van der Waals surface area contributed by atoms with Gasteiger partial charge in [-0.1, -0.05) is 11.6 Å². The number of amides is 1. The highest BCUT2D eigenvalue weighted by molar-refractivity contribution is 6.19. The Bertz CT molecular complexity index is 114. The number of hydrogen-bond acceptors (Lipinski definition) is 2. The summed E-state index contributed by atoms with van der Waals surface area (Å²) in [5.41, 5.74) is 0.00810. The van der Waals surface area contributed by atoms with Crippen molar-refractivity contribution in [3.8, 4) is 0 Å². The van der Waals surface area contributed by atoms with Crippen molar-refractivity contribution >= 4 is 18.0 Å². The Morgan fingerprint density at radius 1 is 1.50 bits per heavy atom. The molecule has 1 aliphatic heterocycles. The van der Waals surface area contributed by atoms with E-state index in [0.29, 0.717) is 0 Å². The predicted octanol–water partition coefficient (Wildman–Crippen LogP) is 1.46. The molecule has 1 fully saturated rings. The quantitative estimate of drug-likeness (QED) is 0.466. The van der Waals surface area contributed by atoms with Gasteiger partial charge in [-0.3, -0.25) is 4.79 Å². The first-order valence-electron chi connectivity index (χ1n) is 4.04. The fourth-order valence-corrected chi connectivity index (χ4v) is 0.945. The standard InChI is InChI=1S/C5H9ClO.C3H7NO/c6-5-3-1-2-4-7-5;1-4(2)3-5/h5H,1-4H2;3H,1-2H3. The van der Waals surface area contributed by atoms with Crippen molar-refractivity contribution in [3.63, 3.8) is 0 Å². The van der Waals surface area contributed by atoms with Crippen LogP contribution < -0.4 is 0 Å². The molecule has 1 saturated heterocycles. The Hall–Kier alpha value is -0.280. The maximum atomic E-state index is 9.43. The summed E-state index contributed by atoms with van der Waals surface area (Å²) in [5.74, 6) is 0. The van der Waals surface area contributed by atoms with Crippen molar-refractivity contribution in [3.05, 3.63) is 0 Å². The molecule has 1 aliphatic rings. The molecule has 72 valence electrons. The van der Waals surface area contributed by atoms with Crippen molar-refractivity contribution in [2.75, 3.05) is 20.7 Å². The van der Waals surface area contributed by atoms with E-state index in [1.807, 2.05) is 0 Å². The second-order valence-electron chi connectivity index (χ2n) is 2.85. The molecule has 3 nitrogen and oxygen atoms in total. The van der Waals surface area contributed by atoms with E-state index in [4.69, 9.17) is 16.3 Å². The fraction of sp³-hybridized carbons (Fsp3) is 0.875. The van der Waals surface area contributed by atoms with Gasteiger partial charge in [-0.05, 0) is 19.3 Å². The third kappa shape index (κ3) is 7.82. The SMILES string of the molecule is CN(C)C=O.ClC1CCCCO1. The minimum absolute atomic E-state index is 0.00810. The molecular formula is C8H16ClNO2. The van der Waals surface area contributed by atoms with Crippen LogP contribution in [0.4, 0.5) is 0 Å². The molecule has 1 amide bonds. The maximum Gasteiger partial charge on any atom is 0.209 e. The van der Waals surface area contributed by atoms with Crippen LogP contribution in [0, 0.1) is 0 Å². The summed E-state index contributed by atoms with van der Waals surface area (Å²) in [6.45, 7) is 0.855. The summed E-state index contributed by atoms with van der Waals surface area (Å²) in [4.78, 5) is 10.9. The highest BCUT2D eigenvalue weighted by Gasteiger charge is 2.08. The second-order valence-corrected chi connectivity index (χ2v) is 3.33. The minimum atomic E-state index is 0.00810. The lowest BCUT2D eigenvalue weighted by Gasteiger charge is -2.15. The highest BCUT2D eigenvalue weighted by Crippen LogP contribution is 2.14. The molecule has 0 bridgehead atoms. The molecule has 1 atom stereocenters. The second kappa shape index (κ2) is 7.37. The molecule has 12 heavy (non-hydrogen) atoms. The normalized spacial score (nSPS) is 22.1. The molecule has 0 N–H and O–H groups in total. The van der Waals surface area contributed by atoms with E-state index in [1.54, 1.807) is 14.1 Å². The number of ether oxygens (including phenoxy) is 1. The fourth-order valence-electron chi connectivity index (χ4n) is 0.701. The van der Waals surface area contributed by atoms with E-state index < -0.39 is 0 Å². The minimum Gasteiger partial charge on any atom is -0.362 e. The Balaban J connectivity index is 0.000000217.